The number of ketones is 1. The standard InChI is InChI=1S/C33H46FN3O6/c1-23(31(22-39)25(3)17-26-18-27(34)20-28(19-26)37-11-9-30(41)21-37)6-8-32(24(2)5-7-29(40)10-16-38)43-33(42)36-14-12-35(4)13-15-36/h6,8,16-20,22-24,29,31-32,40H,5,7,9-15,21H2,1-4H3/b8-6+,25-17+/t23-,24-,29+,31-,32-/m0/s1. The van der Waals surface area contributed by atoms with Gasteiger partial charge in [-0.25, -0.2) is 9.18 Å². The lowest BCUT2D eigenvalue weighted by Gasteiger charge is -2.33. The first kappa shape index (κ1) is 34.1. The average molecular weight is 600 g/mol. The molecule has 0 spiro atoms. The molecular formula is C33H46FN3O6. The lowest BCUT2D eigenvalue weighted by molar-refractivity contribution is -0.116. The van der Waals surface area contributed by atoms with Crippen LogP contribution >= 0.6 is 0 Å². The van der Waals surface area contributed by atoms with Crippen LogP contribution in [0.4, 0.5) is 14.9 Å². The van der Waals surface area contributed by atoms with Gasteiger partial charge in [0.15, 0.2) is 5.78 Å². The summed E-state index contributed by atoms with van der Waals surface area (Å²) < 4.78 is 20.4. The van der Waals surface area contributed by atoms with Gasteiger partial charge in [-0.1, -0.05) is 31.6 Å². The number of allylic oxidation sites excluding steroid dienone is 2. The van der Waals surface area contributed by atoms with Gasteiger partial charge in [-0.3, -0.25) is 4.79 Å². The quantitative estimate of drug-likeness (QED) is 0.251. The summed E-state index contributed by atoms with van der Waals surface area (Å²) in [6.07, 6.45) is 6.70. The third kappa shape index (κ3) is 10.4. The number of Topliss-reactive ketones (excluding diaryl/α,β-unsaturated/α-hetero) is 1. The van der Waals surface area contributed by atoms with Crippen LogP contribution in [-0.4, -0.2) is 97.9 Å². The fourth-order valence-corrected chi connectivity index (χ4v) is 5.50. The molecule has 2 heterocycles. The van der Waals surface area contributed by atoms with Gasteiger partial charge in [-0.15, -0.1) is 0 Å². The zero-order valence-corrected chi connectivity index (χ0v) is 25.8. The van der Waals surface area contributed by atoms with Crippen LogP contribution in [0.25, 0.3) is 6.08 Å². The molecule has 1 amide bonds. The van der Waals surface area contributed by atoms with Crippen molar-refractivity contribution in [3.63, 3.8) is 0 Å². The molecule has 1 aromatic rings. The Labute approximate surface area is 254 Å². The van der Waals surface area contributed by atoms with Crippen molar-refractivity contribution in [2.24, 2.45) is 17.8 Å². The van der Waals surface area contributed by atoms with E-state index in [2.05, 4.69) is 4.90 Å². The highest BCUT2D eigenvalue weighted by Crippen LogP contribution is 2.27. The number of likely N-dealkylation sites (N-methyl/N-ethyl adjacent to an activating group) is 1. The molecule has 0 bridgehead atoms. The van der Waals surface area contributed by atoms with E-state index in [1.165, 1.54) is 12.1 Å². The number of benzene rings is 1. The minimum absolute atomic E-state index is 0.0565. The van der Waals surface area contributed by atoms with Gasteiger partial charge < -0.3 is 34.1 Å². The average Bonchev–Trinajstić information content (AvgIpc) is 3.40. The van der Waals surface area contributed by atoms with Crippen molar-refractivity contribution < 1.29 is 33.4 Å². The Balaban J connectivity index is 1.75. The van der Waals surface area contributed by atoms with Gasteiger partial charge in [0.2, 0.25) is 0 Å². The number of aliphatic hydroxyl groups is 1. The first-order valence-corrected chi connectivity index (χ1v) is 15.2. The second-order valence-electron chi connectivity index (χ2n) is 12.0. The molecule has 1 aromatic carbocycles. The van der Waals surface area contributed by atoms with E-state index in [1.807, 2.05) is 50.9 Å². The van der Waals surface area contributed by atoms with Crippen molar-refractivity contribution in [2.75, 3.05) is 51.2 Å². The smallest absolute Gasteiger partial charge is 0.410 e. The molecule has 2 fully saturated rings. The van der Waals surface area contributed by atoms with Crippen LogP contribution in [0.2, 0.25) is 0 Å². The third-order valence-electron chi connectivity index (χ3n) is 8.42. The Morgan fingerprint density at radius 2 is 1.79 bits per heavy atom. The number of piperazine rings is 1. The molecule has 0 unspecified atom stereocenters. The Morgan fingerprint density at radius 3 is 2.42 bits per heavy atom. The van der Waals surface area contributed by atoms with Gasteiger partial charge in [-0.2, -0.15) is 0 Å². The van der Waals surface area contributed by atoms with Crippen LogP contribution in [0.1, 0.15) is 52.0 Å². The van der Waals surface area contributed by atoms with E-state index < -0.39 is 30.0 Å². The van der Waals surface area contributed by atoms with Gasteiger partial charge in [-0.05, 0) is 68.5 Å². The molecular weight excluding hydrogens is 553 g/mol. The molecule has 2 saturated heterocycles. The maximum atomic E-state index is 14.5. The predicted octanol–water partition coefficient (Wildman–Crippen LogP) is 4.13. The predicted molar refractivity (Wildman–Crippen MR) is 164 cm³/mol. The normalized spacial score (nSPS) is 20.1. The van der Waals surface area contributed by atoms with E-state index in [1.54, 1.807) is 11.0 Å². The fraction of sp³-hybridized carbons (Fsp3) is 0.576. The second-order valence-corrected chi connectivity index (χ2v) is 12.0. The minimum Gasteiger partial charge on any atom is -0.442 e. The number of nitrogens with zero attached hydrogens (tertiary/aromatic N) is 3. The van der Waals surface area contributed by atoms with E-state index >= 15 is 0 Å². The second kappa shape index (κ2) is 16.5. The van der Waals surface area contributed by atoms with Crippen molar-refractivity contribution in [3.8, 4) is 0 Å². The van der Waals surface area contributed by atoms with E-state index in [0.29, 0.717) is 56.4 Å². The molecule has 3 rings (SSSR count). The molecule has 236 valence electrons. The summed E-state index contributed by atoms with van der Waals surface area (Å²) in [5, 5.41) is 10.0. The van der Waals surface area contributed by atoms with Gasteiger partial charge >= 0.3 is 6.09 Å². The number of hydrogen-bond acceptors (Lipinski definition) is 8. The van der Waals surface area contributed by atoms with Gasteiger partial charge in [0.1, 0.15) is 24.5 Å². The van der Waals surface area contributed by atoms with Crippen molar-refractivity contribution in [1.82, 2.24) is 9.80 Å². The molecule has 43 heavy (non-hydrogen) atoms. The lowest BCUT2D eigenvalue weighted by Crippen LogP contribution is -2.48. The number of aldehydes is 2. The third-order valence-corrected chi connectivity index (χ3v) is 8.42. The first-order valence-electron chi connectivity index (χ1n) is 15.2. The summed E-state index contributed by atoms with van der Waals surface area (Å²) in [6, 6.07) is 4.64. The summed E-state index contributed by atoms with van der Waals surface area (Å²) in [7, 11) is 2.01. The summed E-state index contributed by atoms with van der Waals surface area (Å²) >= 11 is 0. The molecule has 9 nitrogen and oxygen atoms in total. The summed E-state index contributed by atoms with van der Waals surface area (Å²) in [6.45, 7) is 9.14. The first-order chi connectivity index (χ1) is 20.5. The van der Waals surface area contributed by atoms with E-state index in [-0.39, 0.29) is 30.6 Å². The Bertz CT molecular complexity index is 1180. The lowest BCUT2D eigenvalue weighted by atomic mass is 9.86. The van der Waals surface area contributed by atoms with Crippen LogP contribution < -0.4 is 4.90 Å². The van der Waals surface area contributed by atoms with Crippen LogP contribution in [-0.2, 0) is 19.1 Å². The molecule has 10 heteroatoms. The number of carbonyl (C=O) groups excluding carboxylic acids is 4. The minimum atomic E-state index is -0.752. The van der Waals surface area contributed by atoms with Crippen LogP contribution in [0.5, 0.6) is 0 Å². The molecule has 0 saturated carbocycles. The summed E-state index contributed by atoms with van der Waals surface area (Å²) in [5.41, 5.74) is 1.99. The van der Waals surface area contributed by atoms with Crippen molar-refractivity contribution in [1.29, 1.82) is 0 Å². The van der Waals surface area contributed by atoms with Crippen molar-refractivity contribution in [2.45, 2.75) is 58.7 Å². The number of amides is 1. The number of halogens is 1. The van der Waals surface area contributed by atoms with Gasteiger partial charge in [0.25, 0.3) is 0 Å². The number of carbonyl (C=O) groups is 4. The molecule has 1 N–H and O–H groups in total. The molecule has 0 radical (unpaired) electrons. The van der Waals surface area contributed by atoms with E-state index in [9.17, 15) is 28.7 Å². The zero-order valence-electron chi connectivity index (χ0n) is 25.8. The topological polar surface area (TPSA) is 107 Å². The number of hydrogen-bond donors (Lipinski definition) is 1. The molecule has 5 atom stereocenters. The number of aliphatic hydroxyl groups excluding tert-OH is 1. The van der Waals surface area contributed by atoms with Crippen molar-refractivity contribution >= 4 is 36.2 Å². The largest absolute Gasteiger partial charge is 0.442 e. The fourth-order valence-electron chi connectivity index (χ4n) is 5.50. The molecule has 2 aliphatic rings. The van der Waals surface area contributed by atoms with Crippen LogP contribution in [0.3, 0.4) is 0 Å². The Morgan fingerprint density at radius 1 is 1.07 bits per heavy atom. The van der Waals surface area contributed by atoms with Crippen LogP contribution in [0.15, 0.2) is 35.9 Å². The zero-order chi connectivity index (χ0) is 31.5. The Kier molecular flexibility index (Phi) is 13.1. The maximum Gasteiger partial charge on any atom is 0.410 e. The summed E-state index contributed by atoms with van der Waals surface area (Å²) in [5.74, 6) is -1.19. The SMILES string of the molecule is C/C(=C\c1cc(F)cc(N2CCC(=O)C2)c1)[C@@H](C=O)[C@@H](C)/C=C/[C@H](OC(=O)N1CCN(C)CC1)[C@@H](C)CC[C@@H](O)CC=O. The molecule has 0 aliphatic carbocycles. The van der Waals surface area contributed by atoms with Gasteiger partial charge in [0.05, 0.1) is 12.6 Å². The molecule has 2 aliphatic heterocycles. The maximum absolute atomic E-state index is 14.5. The highest BCUT2D eigenvalue weighted by molar-refractivity contribution is 5.87. The highest BCUT2D eigenvalue weighted by Gasteiger charge is 2.27. The number of anilines is 1. The monoisotopic (exact) mass is 599 g/mol. The highest BCUT2D eigenvalue weighted by atomic mass is 19.1. The number of rotatable bonds is 14. The number of ether oxygens (including phenoxy) is 1. The van der Waals surface area contributed by atoms with E-state index in [0.717, 1.165) is 24.9 Å². The Hall–Kier alpha value is -3.37. The molecule has 0 aromatic heterocycles. The van der Waals surface area contributed by atoms with E-state index in [4.69, 9.17) is 4.74 Å². The van der Waals surface area contributed by atoms with Crippen LogP contribution in [0, 0.1) is 23.6 Å². The summed E-state index contributed by atoms with van der Waals surface area (Å²) in [4.78, 5) is 53.4. The van der Waals surface area contributed by atoms with Gasteiger partial charge in [0, 0.05) is 57.2 Å². The van der Waals surface area contributed by atoms with Crippen molar-refractivity contribution in [3.05, 3.63) is 47.3 Å².